The highest BCUT2D eigenvalue weighted by Crippen LogP contribution is 2.49. The second kappa shape index (κ2) is 9.44. The standard InChI is InChI=1S/C28H43N3O3/c1-29(2)28(24-9-4-3-5-10-24)13-11-26(12-14-28)22-30(18-15-27(33)16-19-34-20-17-27)25(32)31(26)21-23-7-6-8-23/h3-5,9-10,23,33H,6-8,11-22H2,1-2H3/t26-,28-. The van der Waals surface area contributed by atoms with E-state index in [1.807, 2.05) is 0 Å². The van der Waals surface area contributed by atoms with Crippen LogP contribution in [0.15, 0.2) is 30.3 Å². The van der Waals surface area contributed by atoms with Gasteiger partial charge in [0, 0.05) is 38.4 Å². The Bertz CT molecular complexity index is 840. The Morgan fingerprint density at radius 3 is 2.29 bits per heavy atom. The molecule has 6 heteroatoms. The van der Waals surface area contributed by atoms with Crippen LogP contribution in [0.25, 0.3) is 0 Å². The molecule has 1 aromatic rings. The molecule has 2 saturated carbocycles. The predicted molar refractivity (Wildman–Crippen MR) is 134 cm³/mol. The summed E-state index contributed by atoms with van der Waals surface area (Å²) in [6.07, 6.45) is 10.0. The van der Waals surface area contributed by atoms with Crippen LogP contribution < -0.4 is 0 Å². The number of nitrogens with zero attached hydrogens (tertiary/aromatic N) is 3. The lowest BCUT2D eigenvalue weighted by atomic mass is 9.68. The van der Waals surface area contributed by atoms with Gasteiger partial charge in [0.05, 0.1) is 11.1 Å². The van der Waals surface area contributed by atoms with Crippen LogP contribution in [0.1, 0.15) is 69.8 Å². The van der Waals surface area contributed by atoms with E-state index in [4.69, 9.17) is 4.74 Å². The first-order valence-electron chi connectivity index (χ1n) is 13.5. The smallest absolute Gasteiger partial charge is 0.320 e. The average molecular weight is 470 g/mol. The van der Waals surface area contributed by atoms with Crippen LogP contribution in [0.2, 0.25) is 0 Å². The van der Waals surface area contributed by atoms with Crippen LogP contribution in [-0.2, 0) is 10.3 Å². The summed E-state index contributed by atoms with van der Waals surface area (Å²) in [7, 11) is 4.41. The molecule has 2 aliphatic carbocycles. The quantitative estimate of drug-likeness (QED) is 0.650. The lowest BCUT2D eigenvalue weighted by Crippen LogP contribution is -2.56. The van der Waals surface area contributed by atoms with Gasteiger partial charge in [0.25, 0.3) is 0 Å². The SMILES string of the molecule is CN(C)[C@]1(c2ccccc2)CC[C@@]2(CC1)CN(CCC1(O)CCOCC1)C(=O)N2CC1CCC1. The van der Waals surface area contributed by atoms with Gasteiger partial charge < -0.3 is 19.6 Å². The number of carbonyl (C=O) groups excluding carboxylic acids is 1. The van der Waals surface area contributed by atoms with Crippen molar-refractivity contribution in [2.45, 2.75) is 80.9 Å². The van der Waals surface area contributed by atoms with E-state index in [-0.39, 0.29) is 17.1 Å². The molecule has 0 radical (unpaired) electrons. The summed E-state index contributed by atoms with van der Waals surface area (Å²) in [5.41, 5.74) is 0.664. The summed E-state index contributed by atoms with van der Waals surface area (Å²) in [6.45, 7) is 3.61. The molecular formula is C28H43N3O3. The summed E-state index contributed by atoms with van der Waals surface area (Å²) in [6, 6.07) is 11.1. The Labute approximate surface area is 205 Å². The third kappa shape index (κ3) is 4.38. The minimum Gasteiger partial charge on any atom is -0.390 e. The maximum absolute atomic E-state index is 13.7. The number of ether oxygens (including phenoxy) is 1. The zero-order valence-corrected chi connectivity index (χ0v) is 21.2. The fraction of sp³-hybridized carbons (Fsp3) is 0.750. The maximum atomic E-state index is 13.7. The molecular weight excluding hydrogens is 426 g/mol. The highest BCUT2D eigenvalue weighted by molar-refractivity contribution is 5.78. The zero-order chi connectivity index (χ0) is 23.8. The van der Waals surface area contributed by atoms with E-state index in [0.29, 0.717) is 44.9 Å². The summed E-state index contributed by atoms with van der Waals surface area (Å²) in [4.78, 5) is 20.5. The van der Waals surface area contributed by atoms with Crippen molar-refractivity contribution in [2.24, 2.45) is 5.92 Å². The molecule has 188 valence electrons. The van der Waals surface area contributed by atoms with Crippen LogP contribution in [0, 0.1) is 5.92 Å². The minimum atomic E-state index is -0.687. The largest absolute Gasteiger partial charge is 0.390 e. The first kappa shape index (κ1) is 24.1. The molecule has 4 fully saturated rings. The van der Waals surface area contributed by atoms with E-state index in [1.54, 1.807) is 0 Å². The fourth-order valence-electron chi connectivity index (χ4n) is 6.91. The van der Waals surface area contributed by atoms with Crippen molar-refractivity contribution >= 4 is 6.03 Å². The molecule has 0 bridgehead atoms. The highest BCUT2D eigenvalue weighted by atomic mass is 16.5. The molecule has 1 N–H and O–H groups in total. The second-order valence-corrected chi connectivity index (χ2v) is 11.7. The topological polar surface area (TPSA) is 56.2 Å². The number of urea groups is 1. The van der Waals surface area contributed by atoms with E-state index in [2.05, 4.69) is 59.1 Å². The monoisotopic (exact) mass is 469 g/mol. The van der Waals surface area contributed by atoms with Crippen LogP contribution in [0.5, 0.6) is 0 Å². The van der Waals surface area contributed by atoms with Gasteiger partial charge in [0.1, 0.15) is 0 Å². The molecule has 2 heterocycles. The third-order valence-electron chi connectivity index (χ3n) is 9.67. The molecule has 0 aromatic heterocycles. The van der Waals surface area contributed by atoms with Crippen molar-refractivity contribution in [1.29, 1.82) is 0 Å². The normalized spacial score (nSPS) is 31.9. The van der Waals surface area contributed by atoms with Crippen LogP contribution in [-0.4, -0.2) is 83.9 Å². The van der Waals surface area contributed by atoms with Crippen molar-refractivity contribution in [3.8, 4) is 0 Å². The van der Waals surface area contributed by atoms with Gasteiger partial charge in [-0.15, -0.1) is 0 Å². The summed E-state index contributed by atoms with van der Waals surface area (Å²) >= 11 is 0. The number of benzene rings is 1. The van der Waals surface area contributed by atoms with E-state index >= 15 is 0 Å². The van der Waals surface area contributed by atoms with E-state index in [9.17, 15) is 9.90 Å². The van der Waals surface area contributed by atoms with Crippen LogP contribution in [0.4, 0.5) is 4.79 Å². The van der Waals surface area contributed by atoms with E-state index in [0.717, 1.165) is 38.8 Å². The molecule has 6 nitrogen and oxygen atoms in total. The van der Waals surface area contributed by atoms with Crippen molar-refractivity contribution < 1.29 is 14.6 Å². The number of hydrogen-bond acceptors (Lipinski definition) is 4. The zero-order valence-electron chi connectivity index (χ0n) is 21.2. The van der Waals surface area contributed by atoms with Gasteiger partial charge in [0.15, 0.2) is 0 Å². The molecule has 1 spiro atoms. The van der Waals surface area contributed by atoms with Gasteiger partial charge in [0.2, 0.25) is 0 Å². The van der Waals surface area contributed by atoms with Gasteiger partial charge in [-0.05, 0) is 83.4 Å². The van der Waals surface area contributed by atoms with Gasteiger partial charge in [-0.25, -0.2) is 4.79 Å². The van der Waals surface area contributed by atoms with Crippen molar-refractivity contribution in [2.75, 3.05) is 46.9 Å². The van der Waals surface area contributed by atoms with E-state index < -0.39 is 5.60 Å². The Kier molecular flexibility index (Phi) is 6.68. The van der Waals surface area contributed by atoms with Crippen molar-refractivity contribution in [3.05, 3.63) is 35.9 Å². The molecule has 0 atom stereocenters. The predicted octanol–water partition coefficient (Wildman–Crippen LogP) is 4.23. The lowest BCUT2D eigenvalue weighted by Gasteiger charge is -2.51. The molecule has 4 aliphatic rings. The first-order chi connectivity index (χ1) is 16.4. The number of aliphatic hydroxyl groups is 1. The Morgan fingerprint density at radius 1 is 1.03 bits per heavy atom. The van der Waals surface area contributed by atoms with E-state index in [1.165, 1.54) is 24.8 Å². The molecule has 2 amide bonds. The maximum Gasteiger partial charge on any atom is 0.320 e. The number of carbonyl (C=O) groups is 1. The molecule has 0 unspecified atom stereocenters. The van der Waals surface area contributed by atoms with Crippen LogP contribution in [0.3, 0.4) is 0 Å². The molecule has 2 aliphatic heterocycles. The number of hydrogen-bond donors (Lipinski definition) is 1. The minimum absolute atomic E-state index is 0.0301. The second-order valence-electron chi connectivity index (χ2n) is 11.7. The molecule has 5 rings (SSSR count). The van der Waals surface area contributed by atoms with Crippen molar-refractivity contribution in [1.82, 2.24) is 14.7 Å². The summed E-state index contributed by atoms with van der Waals surface area (Å²) < 4.78 is 5.45. The number of rotatable bonds is 7. The molecule has 1 aromatic carbocycles. The van der Waals surface area contributed by atoms with Crippen molar-refractivity contribution in [3.63, 3.8) is 0 Å². The molecule has 2 saturated heterocycles. The van der Waals surface area contributed by atoms with Crippen LogP contribution >= 0.6 is 0 Å². The molecule has 34 heavy (non-hydrogen) atoms. The van der Waals surface area contributed by atoms with Gasteiger partial charge in [-0.2, -0.15) is 0 Å². The lowest BCUT2D eigenvalue weighted by molar-refractivity contribution is -0.0701. The first-order valence-corrected chi connectivity index (χ1v) is 13.5. The summed E-state index contributed by atoms with van der Waals surface area (Å²) in [5.74, 6) is 0.662. The van der Waals surface area contributed by atoms with Gasteiger partial charge in [-0.3, -0.25) is 4.90 Å². The average Bonchev–Trinajstić information content (AvgIpc) is 3.07. The Morgan fingerprint density at radius 2 is 1.71 bits per heavy atom. The third-order valence-corrected chi connectivity index (χ3v) is 9.67. The highest BCUT2D eigenvalue weighted by Gasteiger charge is 2.55. The Hall–Kier alpha value is -1.63. The van der Waals surface area contributed by atoms with Gasteiger partial charge in [-0.1, -0.05) is 36.8 Å². The number of amides is 2. The fourth-order valence-corrected chi connectivity index (χ4v) is 6.91. The Balaban J connectivity index is 1.34. The van der Waals surface area contributed by atoms with Gasteiger partial charge >= 0.3 is 6.03 Å². The summed E-state index contributed by atoms with van der Waals surface area (Å²) in [5, 5.41) is 11.0.